The molecular weight excluding hydrogens is 360 g/mol. The van der Waals surface area contributed by atoms with Crippen LogP contribution >= 0.6 is 0 Å². The summed E-state index contributed by atoms with van der Waals surface area (Å²) in [5, 5.41) is 1.25. The number of hydrogen-bond donors (Lipinski definition) is 1. The summed E-state index contributed by atoms with van der Waals surface area (Å²) >= 11 is 0. The monoisotopic (exact) mass is 386 g/mol. The van der Waals surface area contributed by atoms with E-state index in [0.717, 1.165) is 17.8 Å². The second-order valence-corrected chi connectivity index (χ2v) is 7.95. The van der Waals surface area contributed by atoms with Crippen molar-refractivity contribution in [2.24, 2.45) is 5.73 Å². The van der Waals surface area contributed by atoms with Crippen molar-refractivity contribution < 1.29 is 6.22 Å². The van der Waals surface area contributed by atoms with Crippen LogP contribution in [-0.4, -0.2) is 34.0 Å². The summed E-state index contributed by atoms with van der Waals surface area (Å²) in [5.74, 6) is 0.135. The van der Waals surface area contributed by atoms with E-state index < -0.39 is 0 Å². The van der Waals surface area contributed by atoms with E-state index in [0.29, 0.717) is 18.8 Å². The van der Waals surface area contributed by atoms with Gasteiger partial charge in [-0.3, -0.25) is 0 Å². The summed E-state index contributed by atoms with van der Waals surface area (Å²) in [5.41, 5.74) is 13.1. The number of para-hydroxylation sites is 1. The number of amides is 2. The molecule has 0 radical (unpaired) electrons. The highest BCUT2D eigenvalue weighted by Gasteiger charge is 2.41. The molecule has 3 heterocycles. The number of rotatable bonds is 3. The first kappa shape index (κ1) is 17.6. The van der Waals surface area contributed by atoms with Crippen LogP contribution in [0.25, 0.3) is 16.6 Å². The first-order valence-electron chi connectivity index (χ1n) is 9.81. The Morgan fingerprint density at radius 1 is 1.21 bits per heavy atom. The molecule has 5 heteroatoms. The fourth-order valence-electron chi connectivity index (χ4n) is 4.67. The minimum absolute atomic E-state index is 0. The van der Waals surface area contributed by atoms with Crippen LogP contribution in [0.2, 0.25) is 0 Å². The molecule has 1 fully saturated rings. The van der Waals surface area contributed by atoms with Crippen LogP contribution in [-0.2, 0) is 13.1 Å². The van der Waals surface area contributed by atoms with Gasteiger partial charge in [0.05, 0.1) is 6.54 Å². The maximum atomic E-state index is 12.7. The van der Waals surface area contributed by atoms with E-state index in [4.69, 9.17) is 5.73 Å². The topological polar surface area (TPSA) is 54.5 Å². The van der Waals surface area contributed by atoms with Gasteiger partial charge in [-0.05, 0) is 22.8 Å². The SMILES string of the molecule is C=C(N)c1ccc(Cn2c3c(c4ccccc42)C2CN(C3)C(=O)N(C)C2=C)cc1.[HH]. The van der Waals surface area contributed by atoms with Gasteiger partial charge in [0.25, 0.3) is 0 Å². The lowest BCUT2D eigenvalue weighted by Gasteiger charge is -2.44. The maximum absolute atomic E-state index is 12.7. The standard InChI is InChI=1S/C24H24N4O.H2/c1-15(25)18-10-8-17(9-11-18)12-28-21-7-5-4-6-19(21)23-20-13-27(14-22(23)28)24(29)26(3)16(20)2;/h4-11,20H,1-2,12-14,25H2,3H3;1H. The minimum Gasteiger partial charge on any atom is -0.399 e. The summed E-state index contributed by atoms with van der Waals surface area (Å²) in [6.45, 7) is 10.1. The van der Waals surface area contributed by atoms with Crippen molar-refractivity contribution in [1.82, 2.24) is 14.4 Å². The van der Waals surface area contributed by atoms with Crippen molar-refractivity contribution in [2.45, 2.75) is 19.0 Å². The number of carbonyl (C=O) groups is 1. The quantitative estimate of drug-likeness (QED) is 0.728. The Morgan fingerprint density at radius 3 is 2.66 bits per heavy atom. The Balaban J connectivity index is 0.00000218. The lowest BCUT2D eigenvalue weighted by molar-refractivity contribution is 0.140. The van der Waals surface area contributed by atoms with Crippen molar-refractivity contribution in [2.75, 3.05) is 13.6 Å². The molecule has 2 aliphatic heterocycles. The van der Waals surface area contributed by atoms with Gasteiger partial charge in [-0.15, -0.1) is 0 Å². The number of hydrogen-bond acceptors (Lipinski definition) is 2. The number of aromatic nitrogens is 1. The van der Waals surface area contributed by atoms with Gasteiger partial charge in [0.15, 0.2) is 0 Å². The molecule has 2 aromatic carbocycles. The third kappa shape index (κ3) is 2.58. The van der Waals surface area contributed by atoms with Crippen molar-refractivity contribution in [1.29, 1.82) is 0 Å². The number of benzene rings is 2. The summed E-state index contributed by atoms with van der Waals surface area (Å²) in [4.78, 5) is 16.3. The Hall–Kier alpha value is -3.47. The van der Waals surface area contributed by atoms with Crippen LogP contribution in [0.3, 0.4) is 0 Å². The Labute approximate surface area is 171 Å². The van der Waals surface area contributed by atoms with Crippen molar-refractivity contribution >= 4 is 22.6 Å². The second-order valence-electron chi connectivity index (χ2n) is 7.95. The molecule has 5 rings (SSSR count). The first-order valence-corrected chi connectivity index (χ1v) is 9.81. The predicted octanol–water partition coefficient (Wildman–Crippen LogP) is 4.34. The molecule has 1 unspecified atom stereocenters. The van der Waals surface area contributed by atoms with Crippen LogP contribution in [0.5, 0.6) is 0 Å². The first-order chi connectivity index (χ1) is 14.0. The van der Waals surface area contributed by atoms with Gasteiger partial charge in [0.1, 0.15) is 0 Å². The summed E-state index contributed by atoms with van der Waals surface area (Å²) in [6, 6.07) is 16.7. The number of likely N-dealkylation sites (N-methyl/N-ethyl adjacent to an activating group) is 1. The van der Waals surface area contributed by atoms with Crippen LogP contribution in [0.4, 0.5) is 4.79 Å². The van der Waals surface area contributed by atoms with Gasteiger partial charge >= 0.3 is 6.03 Å². The number of fused-ring (bicyclic) bond motifs is 6. The van der Waals surface area contributed by atoms with E-state index in [1.165, 1.54) is 27.7 Å². The molecule has 2 N–H and O–H groups in total. The van der Waals surface area contributed by atoms with Crippen LogP contribution in [0.15, 0.2) is 67.4 Å². The fourth-order valence-corrected chi connectivity index (χ4v) is 4.67. The molecular formula is C24H26N4O. The van der Waals surface area contributed by atoms with Gasteiger partial charge in [0.2, 0.25) is 0 Å². The van der Waals surface area contributed by atoms with Gasteiger partial charge in [-0.1, -0.05) is 55.6 Å². The number of nitrogens with two attached hydrogens (primary N) is 1. The van der Waals surface area contributed by atoms with E-state index in [9.17, 15) is 4.79 Å². The Morgan fingerprint density at radius 2 is 1.93 bits per heavy atom. The summed E-state index contributed by atoms with van der Waals surface area (Å²) < 4.78 is 2.35. The average Bonchev–Trinajstić information content (AvgIpc) is 3.04. The molecule has 29 heavy (non-hydrogen) atoms. The molecule has 1 atom stereocenters. The fraction of sp³-hybridized carbons (Fsp3) is 0.208. The third-order valence-electron chi connectivity index (χ3n) is 6.27. The highest BCUT2D eigenvalue weighted by Crippen LogP contribution is 2.43. The summed E-state index contributed by atoms with van der Waals surface area (Å²) in [7, 11) is 1.82. The Kier molecular flexibility index (Phi) is 3.81. The van der Waals surface area contributed by atoms with Crippen molar-refractivity contribution in [3.8, 4) is 0 Å². The largest absolute Gasteiger partial charge is 0.399 e. The van der Waals surface area contributed by atoms with E-state index in [1.807, 2.05) is 24.1 Å². The average molecular weight is 386 g/mol. The molecule has 148 valence electrons. The molecule has 3 aromatic rings. The number of carbonyl (C=O) groups excluding carboxylic acids is 1. The lowest BCUT2D eigenvalue weighted by atomic mass is 9.87. The zero-order valence-corrected chi connectivity index (χ0v) is 16.6. The molecule has 1 aromatic heterocycles. The van der Waals surface area contributed by atoms with E-state index in [2.05, 4.69) is 54.1 Å². The number of urea groups is 1. The van der Waals surface area contributed by atoms with Crippen LogP contribution in [0, 0.1) is 0 Å². The van der Waals surface area contributed by atoms with Crippen LogP contribution in [0.1, 0.15) is 29.7 Å². The zero-order valence-electron chi connectivity index (χ0n) is 16.6. The van der Waals surface area contributed by atoms with Gasteiger partial charge in [-0.25, -0.2) is 4.79 Å². The van der Waals surface area contributed by atoms with E-state index >= 15 is 0 Å². The van der Waals surface area contributed by atoms with Gasteiger partial charge in [-0.2, -0.15) is 0 Å². The molecule has 0 saturated carbocycles. The Bertz CT molecular complexity index is 1180. The maximum Gasteiger partial charge on any atom is 0.324 e. The zero-order chi connectivity index (χ0) is 20.3. The van der Waals surface area contributed by atoms with E-state index in [-0.39, 0.29) is 13.4 Å². The molecule has 2 bridgehead atoms. The predicted molar refractivity (Wildman–Crippen MR) is 118 cm³/mol. The lowest BCUT2D eigenvalue weighted by Crippen LogP contribution is -2.51. The van der Waals surface area contributed by atoms with Gasteiger partial charge in [0, 0.05) is 55.5 Å². The molecule has 0 spiro atoms. The van der Waals surface area contributed by atoms with Crippen molar-refractivity contribution in [3.63, 3.8) is 0 Å². The number of nitrogens with zero attached hydrogens (tertiary/aromatic N) is 3. The normalized spacial score (nSPS) is 18.3. The summed E-state index contributed by atoms with van der Waals surface area (Å²) in [6.07, 6.45) is 0. The minimum atomic E-state index is 0. The third-order valence-corrected chi connectivity index (χ3v) is 6.27. The van der Waals surface area contributed by atoms with Crippen molar-refractivity contribution in [3.05, 3.63) is 89.8 Å². The second kappa shape index (κ2) is 6.27. The molecule has 2 amide bonds. The molecule has 1 saturated heterocycles. The van der Waals surface area contributed by atoms with Gasteiger partial charge < -0.3 is 20.1 Å². The molecule has 0 aliphatic carbocycles. The molecule has 5 nitrogen and oxygen atoms in total. The van der Waals surface area contributed by atoms with E-state index in [1.54, 1.807) is 4.90 Å². The highest BCUT2D eigenvalue weighted by atomic mass is 16.2. The highest BCUT2D eigenvalue weighted by molar-refractivity contribution is 5.89. The van der Waals surface area contributed by atoms with Crippen LogP contribution < -0.4 is 5.73 Å². The molecule has 2 aliphatic rings. The smallest absolute Gasteiger partial charge is 0.324 e.